The Labute approximate surface area is 200 Å². The third-order valence-electron chi connectivity index (χ3n) is 5.69. The second-order valence-corrected chi connectivity index (χ2v) is 8.57. The summed E-state index contributed by atoms with van der Waals surface area (Å²) in [7, 11) is 3.83. The van der Waals surface area contributed by atoms with Gasteiger partial charge in [-0.05, 0) is 84.8 Å². The lowest BCUT2D eigenvalue weighted by Crippen LogP contribution is -2.30. The van der Waals surface area contributed by atoms with Gasteiger partial charge in [0.25, 0.3) is 0 Å². The number of fused-ring (bicyclic) bond motifs is 1. The van der Waals surface area contributed by atoms with Gasteiger partial charge in [0.05, 0.1) is 0 Å². The van der Waals surface area contributed by atoms with Crippen LogP contribution in [0.2, 0.25) is 0 Å². The summed E-state index contributed by atoms with van der Waals surface area (Å²) >= 11 is 0. The maximum absolute atomic E-state index is 10.1. The highest BCUT2D eigenvalue weighted by Gasteiger charge is 2.18. The quantitative estimate of drug-likeness (QED) is 0.447. The van der Waals surface area contributed by atoms with Gasteiger partial charge < -0.3 is 29.3 Å². The van der Waals surface area contributed by atoms with Crippen molar-refractivity contribution in [2.45, 2.75) is 19.4 Å². The first-order chi connectivity index (χ1) is 16.4. The number of aliphatic hydroxyl groups excluding tert-OH is 1. The van der Waals surface area contributed by atoms with Gasteiger partial charge in [0.2, 0.25) is 6.79 Å². The Hall–Kier alpha value is -3.48. The van der Waals surface area contributed by atoms with Gasteiger partial charge in [-0.1, -0.05) is 37.3 Å². The summed E-state index contributed by atoms with van der Waals surface area (Å²) < 4.78 is 16.9. The standard InChI is InChI=1S/C28H31NO5/c1-4-25(21-9-14-26-27(15-21)34-18-33-26)28(19-5-10-22(30)11-6-19)20-7-12-24(13-8-20)32-17-23(31)16-29(2)3/h5-15,23,30-31H,4,16-18H2,1-3H3/b28-25-. The monoisotopic (exact) mass is 461 g/mol. The molecule has 3 aromatic rings. The van der Waals surface area contributed by atoms with E-state index in [1.807, 2.05) is 67.5 Å². The molecule has 0 bridgehead atoms. The van der Waals surface area contributed by atoms with Crippen molar-refractivity contribution in [2.24, 2.45) is 0 Å². The fourth-order valence-electron chi connectivity index (χ4n) is 4.14. The van der Waals surface area contributed by atoms with E-state index in [0.29, 0.717) is 12.3 Å². The highest BCUT2D eigenvalue weighted by atomic mass is 16.7. The Morgan fingerprint density at radius 2 is 1.53 bits per heavy atom. The smallest absolute Gasteiger partial charge is 0.231 e. The van der Waals surface area contributed by atoms with Crippen LogP contribution in [0.5, 0.6) is 23.0 Å². The molecule has 3 aromatic carbocycles. The number of hydrogen-bond donors (Lipinski definition) is 2. The molecule has 0 aliphatic carbocycles. The number of rotatable bonds is 9. The van der Waals surface area contributed by atoms with Crippen LogP contribution in [0.4, 0.5) is 0 Å². The minimum absolute atomic E-state index is 0.226. The molecule has 0 saturated heterocycles. The van der Waals surface area contributed by atoms with E-state index < -0.39 is 6.10 Å². The third-order valence-corrected chi connectivity index (χ3v) is 5.69. The van der Waals surface area contributed by atoms with Crippen molar-refractivity contribution < 1.29 is 24.4 Å². The zero-order valence-corrected chi connectivity index (χ0v) is 19.8. The number of phenolic OH excluding ortho intramolecular Hbond substituents is 1. The van der Waals surface area contributed by atoms with Crippen molar-refractivity contribution in [3.05, 3.63) is 83.4 Å². The van der Waals surface area contributed by atoms with E-state index in [0.717, 1.165) is 45.8 Å². The molecule has 0 radical (unpaired) electrons. The molecule has 2 N–H and O–H groups in total. The molecule has 1 heterocycles. The molecule has 6 nitrogen and oxygen atoms in total. The van der Waals surface area contributed by atoms with Crippen LogP contribution in [0.1, 0.15) is 30.0 Å². The van der Waals surface area contributed by atoms with Crippen LogP contribution in [0.3, 0.4) is 0 Å². The number of allylic oxidation sites excluding steroid dienone is 1. The molecule has 0 saturated carbocycles. The van der Waals surface area contributed by atoms with Crippen LogP contribution < -0.4 is 14.2 Å². The molecule has 1 unspecified atom stereocenters. The SMILES string of the molecule is CC/C(=C(\c1ccc(O)cc1)c1ccc(OCC(O)CN(C)C)cc1)c1ccc2c(c1)OCO2. The summed E-state index contributed by atoms with van der Waals surface area (Å²) in [5.74, 6) is 2.42. The van der Waals surface area contributed by atoms with Crippen LogP contribution in [-0.4, -0.2) is 55.3 Å². The molecule has 0 fully saturated rings. The van der Waals surface area contributed by atoms with Gasteiger partial charge in [0.1, 0.15) is 24.2 Å². The van der Waals surface area contributed by atoms with Crippen molar-refractivity contribution in [1.29, 1.82) is 0 Å². The van der Waals surface area contributed by atoms with E-state index >= 15 is 0 Å². The molecule has 1 atom stereocenters. The van der Waals surface area contributed by atoms with Gasteiger partial charge >= 0.3 is 0 Å². The van der Waals surface area contributed by atoms with E-state index in [-0.39, 0.29) is 19.1 Å². The Balaban J connectivity index is 1.70. The Kier molecular flexibility index (Phi) is 7.40. The number of hydrogen-bond acceptors (Lipinski definition) is 6. The minimum Gasteiger partial charge on any atom is -0.508 e. The van der Waals surface area contributed by atoms with Crippen LogP contribution in [0.15, 0.2) is 66.7 Å². The van der Waals surface area contributed by atoms with E-state index in [1.54, 1.807) is 12.1 Å². The summed E-state index contributed by atoms with van der Waals surface area (Å²) in [6.07, 6.45) is 0.241. The van der Waals surface area contributed by atoms with E-state index in [4.69, 9.17) is 14.2 Å². The maximum atomic E-state index is 10.1. The van der Waals surface area contributed by atoms with Crippen molar-refractivity contribution in [3.8, 4) is 23.0 Å². The molecule has 4 rings (SSSR count). The summed E-state index contributed by atoms with van der Waals surface area (Å²) in [5.41, 5.74) is 5.31. The highest BCUT2D eigenvalue weighted by molar-refractivity contribution is 5.99. The molecular formula is C28H31NO5. The van der Waals surface area contributed by atoms with Crippen LogP contribution >= 0.6 is 0 Å². The number of aliphatic hydroxyl groups is 1. The van der Waals surface area contributed by atoms with Gasteiger partial charge in [0, 0.05) is 6.54 Å². The first-order valence-corrected chi connectivity index (χ1v) is 11.4. The molecular weight excluding hydrogens is 430 g/mol. The normalized spacial score (nSPS) is 14.1. The predicted molar refractivity (Wildman–Crippen MR) is 133 cm³/mol. The zero-order chi connectivity index (χ0) is 24.1. The molecule has 6 heteroatoms. The molecule has 1 aliphatic rings. The van der Waals surface area contributed by atoms with E-state index in [9.17, 15) is 10.2 Å². The second-order valence-electron chi connectivity index (χ2n) is 8.57. The lowest BCUT2D eigenvalue weighted by Gasteiger charge is -2.18. The lowest BCUT2D eigenvalue weighted by molar-refractivity contribution is 0.0831. The van der Waals surface area contributed by atoms with Crippen LogP contribution in [0, 0.1) is 0 Å². The van der Waals surface area contributed by atoms with Crippen molar-refractivity contribution in [3.63, 3.8) is 0 Å². The molecule has 34 heavy (non-hydrogen) atoms. The Bertz CT molecular complexity index is 1140. The molecule has 0 aromatic heterocycles. The van der Waals surface area contributed by atoms with Gasteiger partial charge in [0.15, 0.2) is 11.5 Å². The summed E-state index contributed by atoms with van der Waals surface area (Å²) in [6.45, 7) is 3.14. The summed E-state index contributed by atoms with van der Waals surface area (Å²) in [5, 5.41) is 19.9. The molecule has 178 valence electrons. The zero-order valence-electron chi connectivity index (χ0n) is 19.8. The minimum atomic E-state index is -0.556. The summed E-state index contributed by atoms with van der Waals surface area (Å²) in [4.78, 5) is 1.92. The van der Waals surface area contributed by atoms with Crippen molar-refractivity contribution >= 4 is 11.1 Å². The lowest BCUT2D eigenvalue weighted by atomic mass is 9.88. The second kappa shape index (κ2) is 10.6. The third kappa shape index (κ3) is 5.53. The van der Waals surface area contributed by atoms with Crippen LogP contribution in [-0.2, 0) is 0 Å². The van der Waals surface area contributed by atoms with Crippen LogP contribution in [0.25, 0.3) is 11.1 Å². The van der Waals surface area contributed by atoms with Gasteiger partial charge in [-0.15, -0.1) is 0 Å². The largest absolute Gasteiger partial charge is 0.508 e. The molecule has 1 aliphatic heterocycles. The Morgan fingerprint density at radius 3 is 2.18 bits per heavy atom. The number of likely N-dealkylation sites (N-methyl/N-ethyl adjacent to an activating group) is 1. The van der Waals surface area contributed by atoms with Crippen molar-refractivity contribution in [2.75, 3.05) is 34.0 Å². The summed E-state index contributed by atoms with van der Waals surface area (Å²) in [6, 6.07) is 21.2. The number of phenols is 1. The average Bonchev–Trinajstić information content (AvgIpc) is 3.30. The average molecular weight is 462 g/mol. The number of aromatic hydroxyl groups is 1. The molecule has 0 spiro atoms. The first-order valence-electron chi connectivity index (χ1n) is 11.4. The van der Waals surface area contributed by atoms with Gasteiger partial charge in [-0.25, -0.2) is 0 Å². The number of benzene rings is 3. The number of ether oxygens (including phenoxy) is 3. The number of nitrogens with zero attached hydrogens (tertiary/aromatic N) is 1. The fourth-order valence-corrected chi connectivity index (χ4v) is 4.14. The Morgan fingerprint density at radius 1 is 0.912 bits per heavy atom. The molecule has 0 amide bonds. The van der Waals surface area contributed by atoms with E-state index in [1.165, 1.54) is 0 Å². The van der Waals surface area contributed by atoms with Gasteiger partial charge in [-0.3, -0.25) is 0 Å². The van der Waals surface area contributed by atoms with Crippen molar-refractivity contribution in [1.82, 2.24) is 4.90 Å². The van der Waals surface area contributed by atoms with E-state index in [2.05, 4.69) is 13.0 Å². The highest BCUT2D eigenvalue weighted by Crippen LogP contribution is 2.40. The predicted octanol–water partition coefficient (Wildman–Crippen LogP) is 4.79. The first kappa shape index (κ1) is 23.7. The topological polar surface area (TPSA) is 71.4 Å². The maximum Gasteiger partial charge on any atom is 0.231 e. The fraction of sp³-hybridized carbons (Fsp3) is 0.286. The van der Waals surface area contributed by atoms with Gasteiger partial charge in [-0.2, -0.15) is 0 Å².